The summed E-state index contributed by atoms with van der Waals surface area (Å²) >= 11 is 0. The summed E-state index contributed by atoms with van der Waals surface area (Å²) in [5.41, 5.74) is 0. The number of carbonyl (C=O) groups is 1. The molecule has 1 saturated heterocycles. The van der Waals surface area contributed by atoms with Gasteiger partial charge in [-0.1, -0.05) is 13.8 Å². The van der Waals surface area contributed by atoms with Crippen molar-refractivity contribution in [2.45, 2.75) is 74.6 Å². The number of nitrogens with one attached hydrogen (secondary N) is 1. The number of amides is 1. The zero-order valence-corrected chi connectivity index (χ0v) is 14.9. The van der Waals surface area contributed by atoms with Crippen LogP contribution >= 0.6 is 0 Å². The minimum atomic E-state index is -7.92. The van der Waals surface area contributed by atoms with Gasteiger partial charge in [0, 0.05) is 6.42 Å². The van der Waals surface area contributed by atoms with Crippen molar-refractivity contribution in [3.05, 3.63) is 0 Å². The minimum Gasteiger partial charge on any atom is -0.444 e. The Hall–Kier alpha value is -1.64. The maximum Gasteiger partial charge on any atom is 0.460 e. The molecule has 3 nitrogen and oxygen atoms in total. The van der Waals surface area contributed by atoms with Crippen LogP contribution in [0.1, 0.15) is 26.7 Å². The smallest absolute Gasteiger partial charge is 0.444 e. The second-order valence-corrected chi connectivity index (χ2v) is 6.90. The van der Waals surface area contributed by atoms with Crippen LogP contribution in [0.15, 0.2) is 0 Å². The average molecular weight is 475 g/mol. The monoisotopic (exact) mass is 475 g/mol. The van der Waals surface area contributed by atoms with Gasteiger partial charge in [-0.05, 0) is 12.3 Å². The second-order valence-electron chi connectivity index (χ2n) is 6.90. The molecule has 0 aromatic carbocycles. The third kappa shape index (κ3) is 3.97. The van der Waals surface area contributed by atoms with Crippen LogP contribution in [-0.2, 0) is 4.74 Å². The lowest BCUT2D eigenvalue weighted by molar-refractivity contribution is -0.440. The molecule has 1 rings (SSSR count). The van der Waals surface area contributed by atoms with Crippen molar-refractivity contribution < 1.29 is 66.6 Å². The summed E-state index contributed by atoms with van der Waals surface area (Å²) in [5, 5.41) is 2.08. The van der Waals surface area contributed by atoms with Gasteiger partial charge in [-0.25, -0.2) is 4.79 Å². The molecule has 1 fully saturated rings. The third-order valence-corrected chi connectivity index (χ3v) is 4.40. The molecule has 0 aromatic rings. The van der Waals surface area contributed by atoms with E-state index < -0.39 is 72.8 Å². The van der Waals surface area contributed by atoms with Crippen LogP contribution in [0.3, 0.4) is 0 Å². The summed E-state index contributed by atoms with van der Waals surface area (Å²) in [7, 11) is 0. The molecule has 178 valence electrons. The Morgan fingerprint density at radius 3 is 1.63 bits per heavy atom. The Morgan fingerprint density at radius 2 is 1.23 bits per heavy atom. The van der Waals surface area contributed by atoms with Gasteiger partial charge in [-0.2, -0.15) is 57.1 Å². The molecule has 16 heteroatoms. The molecule has 1 aliphatic heterocycles. The summed E-state index contributed by atoms with van der Waals surface area (Å²) in [6.07, 6.45) is -14.0. The van der Waals surface area contributed by atoms with Crippen LogP contribution in [0.25, 0.3) is 0 Å². The number of hydrogen-bond acceptors (Lipinski definition) is 2. The molecule has 0 bridgehead atoms. The fraction of sp³-hybridized carbons (Fsp3) is 0.929. The summed E-state index contributed by atoms with van der Waals surface area (Å²) in [5.74, 6) is -37.6. The highest BCUT2D eigenvalue weighted by atomic mass is 19.4. The SMILES string of the molecule is CC(C)C1NC(=O)OC1CCC(F)(F)C(F)(F)C(F)(F)C(F)(F)C(F)(F)C(F)(F)F. The van der Waals surface area contributed by atoms with Gasteiger partial charge < -0.3 is 10.1 Å². The van der Waals surface area contributed by atoms with Gasteiger partial charge >= 0.3 is 41.9 Å². The quantitative estimate of drug-likeness (QED) is 0.462. The van der Waals surface area contributed by atoms with Crippen LogP contribution in [0, 0.1) is 5.92 Å². The summed E-state index contributed by atoms with van der Waals surface area (Å²) in [4.78, 5) is 11.1. The summed E-state index contributed by atoms with van der Waals surface area (Å²) in [6.45, 7) is 2.82. The van der Waals surface area contributed by atoms with Crippen molar-refractivity contribution in [1.82, 2.24) is 5.32 Å². The standard InChI is InChI=1S/C14H14F13NO2/c1-5(2)7-6(30-8(29)28-7)3-4-9(15,16)10(17,18)11(19,20)12(21,22)13(23,24)14(25,26)27/h5-7H,3-4H2,1-2H3,(H,28,29). The fourth-order valence-electron chi connectivity index (χ4n) is 2.59. The number of alkyl halides is 13. The third-order valence-electron chi connectivity index (χ3n) is 4.40. The Morgan fingerprint density at radius 1 is 0.800 bits per heavy atom. The van der Waals surface area contributed by atoms with E-state index in [0.29, 0.717) is 0 Å². The zero-order chi connectivity index (χ0) is 24.1. The lowest BCUT2D eigenvalue weighted by Gasteiger charge is -2.40. The molecule has 1 heterocycles. The molecule has 2 atom stereocenters. The van der Waals surface area contributed by atoms with Crippen molar-refractivity contribution in [3.8, 4) is 0 Å². The number of alkyl carbamates (subject to hydrolysis) is 1. The highest BCUT2D eigenvalue weighted by Crippen LogP contribution is 2.60. The van der Waals surface area contributed by atoms with E-state index in [9.17, 15) is 61.9 Å². The van der Waals surface area contributed by atoms with Crippen molar-refractivity contribution in [2.24, 2.45) is 5.92 Å². The topological polar surface area (TPSA) is 38.3 Å². The van der Waals surface area contributed by atoms with E-state index >= 15 is 0 Å². The molecule has 1 aliphatic rings. The van der Waals surface area contributed by atoms with Gasteiger partial charge in [-0.15, -0.1) is 0 Å². The minimum absolute atomic E-state index is 0.549. The summed E-state index contributed by atoms with van der Waals surface area (Å²) in [6, 6.07) is -1.07. The number of carbonyl (C=O) groups excluding carboxylic acids is 1. The lowest BCUT2D eigenvalue weighted by Crippen LogP contribution is -2.70. The fourth-order valence-corrected chi connectivity index (χ4v) is 2.59. The number of ether oxygens (including phenoxy) is 1. The largest absolute Gasteiger partial charge is 0.460 e. The van der Waals surface area contributed by atoms with Crippen molar-refractivity contribution in [2.75, 3.05) is 0 Å². The number of hydrogen-bond donors (Lipinski definition) is 1. The van der Waals surface area contributed by atoms with Gasteiger partial charge in [0.1, 0.15) is 6.10 Å². The molecular weight excluding hydrogens is 461 g/mol. The summed E-state index contributed by atoms with van der Waals surface area (Å²) < 4.78 is 174. The highest BCUT2D eigenvalue weighted by Gasteiger charge is 2.90. The molecule has 0 spiro atoms. The maximum atomic E-state index is 13.7. The number of halogens is 13. The van der Waals surface area contributed by atoms with Crippen LogP contribution in [0.4, 0.5) is 61.9 Å². The normalized spacial score (nSPS) is 22.3. The first-order valence-electron chi connectivity index (χ1n) is 7.97. The van der Waals surface area contributed by atoms with Crippen molar-refractivity contribution >= 4 is 6.09 Å². The highest BCUT2D eigenvalue weighted by molar-refractivity contribution is 5.70. The van der Waals surface area contributed by atoms with Gasteiger partial charge in [0.15, 0.2) is 0 Å². The molecule has 30 heavy (non-hydrogen) atoms. The van der Waals surface area contributed by atoms with Crippen molar-refractivity contribution in [1.29, 1.82) is 0 Å². The Kier molecular flexibility index (Phi) is 6.60. The van der Waals surface area contributed by atoms with Crippen LogP contribution in [-0.4, -0.2) is 54.0 Å². The van der Waals surface area contributed by atoms with E-state index in [2.05, 4.69) is 10.1 Å². The van der Waals surface area contributed by atoms with Crippen LogP contribution in [0.2, 0.25) is 0 Å². The van der Waals surface area contributed by atoms with Gasteiger partial charge in [0.25, 0.3) is 0 Å². The van der Waals surface area contributed by atoms with E-state index in [1.54, 1.807) is 0 Å². The average Bonchev–Trinajstić information content (AvgIpc) is 2.92. The van der Waals surface area contributed by atoms with E-state index in [1.807, 2.05) is 0 Å². The maximum absolute atomic E-state index is 13.7. The molecule has 1 N–H and O–H groups in total. The molecule has 0 saturated carbocycles. The molecule has 0 aromatic heterocycles. The second kappa shape index (κ2) is 7.50. The molecule has 0 radical (unpaired) electrons. The van der Waals surface area contributed by atoms with Crippen LogP contribution in [0.5, 0.6) is 0 Å². The van der Waals surface area contributed by atoms with Crippen LogP contribution < -0.4 is 5.32 Å². The molecule has 0 aliphatic carbocycles. The molecule has 1 amide bonds. The van der Waals surface area contributed by atoms with Crippen molar-refractivity contribution in [3.63, 3.8) is 0 Å². The Labute approximate surface area is 159 Å². The number of cyclic esters (lactones) is 1. The van der Waals surface area contributed by atoms with Gasteiger partial charge in [-0.3, -0.25) is 0 Å². The Balaban J connectivity index is 3.19. The molecule has 2 unspecified atom stereocenters. The first kappa shape index (κ1) is 26.4. The van der Waals surface area contributed by atoms with E-state index in [-0.39, 0.29) is 0 Å². The lowest BCUT2D eigenvalue weighted by atomic mass is 9.89. The molecular formula is C14H14F13NO2. The predicted molar refractivity (Wildman–Crippen MR) is 72.1 cm³/mol. The first-order chi connectivity index (χ1) is 13.0. The van der Waals surface area contributed by atoms with Gasteiger partial charge in [0.05, 0.1) is 6.04 Å². The van der Waals surface area contributed by atoms with E-state index in [4.69, 9.17) is 0 Å². The predicted octanol–water partition coefficient (Wildman–Crippen LogP) is 5.64. The van der Waals surface area contributed by atoms with E-state index in [0.717, 1.165) is 0 Å². The number of rotatable bonds is 8. The van der Waals surface area contributed by atoms with E-state index in [1.165, 1.54) is 13.8 Å². The Bertz CT molecular complexity index is 644. The zero-order valence-electron chi connectivity index (χ0n) is 14.9. The van der Waals surface area contributed by atoms with Gasteiger partial charge in [0.2, 0.25) is 0 Å². The first-order valence-corrected chi connectivity index (χ1v) is 7.97.